The van der Waals surface area contributed by atoms with Gasteiger partial charge < -0.3 is 9.52 Å². The largest absolute Gasteiger partial charge is 0.475 e. The number of benzene rings is 1. The number of furan rings is 1. The number of rotatable bonds is 3. The number of nitrogens with zero attached hydrogens (tertiary/aromatic N) is 1. The summed E-state index contributed by atoms with van der Waals surface area (Å²) >= 11 is 0. The van der Waals surface area contributed by atoms with Gasteiger partial charge in [0, 0.05) is 17.1 Å². The summed E-state index contributed by atoms with van der Waals surface area (Å²) in [5.41, 5.74) is 1.13. The van der Waals surface area contributed by atoms with Crippen LogP contribution in [0.1, 0.15) is 26.7 Å². The van der Waals surface area contributed by atoms with Gasteiger partial charge in [-0.25, -0.2) is 4.79 Å². The molecular formula is C15H9NO4. The van der Waals surface area contributed by atoms with E-state index in [-0.39, 0.29) is 17.3 Å². The minimum absolute atomic E-state index is 0.00115. The molecule has 0 bridgehead atoms. The molecule has 0 amide bonds. The summed E-state index contributed by atoms with van der Waals surface area (Å²) in [4.78, 5) is 27.3. The lowest BCUT2D eigenvalue weighted by Crippen LogP contribution is -2.01. The molecule has 0 saturated carbocycles. The van der Waals surface area contributed by atoms with Gasteiger partial charge in [0.25, 0.3) is 0 Å². The predicted octanol–water partition coefficient (Wildman–Crippen LogP) is 2.76. The van der Waals surface area contributed by atoms with Crippen LogP contribution in [0.5, 0.6) is 0 Å². The highest BCUT2D eigenvalue weighted by Gasteiger charge is 2.18. The summed E-state index contributed by atoms with van der Waals surface area (Å²) in [7, 11) is 0. The highest BCUT2D eigenvalue weighted by atomic mass is 16.4. The van der Waals surface area contributed by atoms with E-state index >= 15 is 0 Å². The van der Waals surface area contributed by atoms with Gasteiger partial charge in [0.2, 0.25) is 11.5 Å². The summed E-state index contributed by atoms with van der Waals surface area (Å²) in [5, 5.41) is 9.51. The molecule has 0 spiro atoms. The number of carboxylic acid groups (broad SMARTS) is 1. The van der Waals surface area contributed by atoms with Crippen LogP contribution in [-0.2, 0) is 0 Å². The Bertz CT molecular complexity index is 814. The van der Waals surface area contributed by atoms with Crippen LogP contribution in [0.4, 0.5) is 0 Å². The van der Waals surface area contributed by atoms with Crippen molar-refractivity contribution in [3.8, 4) is 0 Å². The first-order valence-corrected chi connectivity index (χ1v) is 5.88. The van der Waals surface area contributed by atoms with E-state index in [0.717, 1.165) is 0 Å². The first-order valence-electron chi connectivity index (χ1n) is 5.88. The smallest absolute Gasteiger partial charge is 0.371 e. The van der Waals surface area contributed by atoms with E-state index in [1.54, 1.807) is 18.2 Å². The van der Waals surface area contributed by atoms with E-state index in [9.17, 15) is 9.59 Å². The Kier molecular flexibility index (Phi) is 2.80. The molecule has 3 aromatic rings. The van der Waals surface area contributed by atoms with Gasteiger partial charge in [-0.05, 0) is 24.3 Å². The first kappa shape index (κ1) is 12.1. The summed E-state index contributed by atoms with van der Waals surface area (Å²) in [6.07, 6.45) is 1.54. The number of carbonyl (C=O) groups is 2. The zero-order valence-corrected chi connectivity index (χ0v) is 10.2. The molecule has 0 fully saturated rings. The highest BCUT2D eigenvalue weighted by Crippen LogP contribution is 2.20. The van der Waals surface area contributed by atoms with Crippen molar-refractivity contribution in [2.75, 3.05) is 0 Å². The second-order valence-electron chi connectivity index (χ2n) is 4.17. The minimum Gasteiger partial charge on any atom is -0.475 e. The number of aromatic carboxylic acids is 1. The lowest BCUT2D eigenvalue weighted by atomic mass is 10.0. The Labute approximate surface area is 113 Å². The molecule has 0 radical (unpaired) electrons. The summed E-state index contributed by atoms with van der Waals surface area (Å²) in [6.45, 7) is 0. The fourth-order valence-electron chi connectivity index (χ4n) is 2.00. The third-order valence-corrected chi connectivity index (χ3v) is 2.93. The fraction of sp³-hybridized carbons (Fsp3) is 0. The SMILES string of the molecule is O=C(O)c1ccc(C(=O)c2ccnc3ccccc23)o1. The van der Waals surface area contributed by atoms with Crippen molar-refractivity contribution in [2.45, 2.75) is 0 Å². The van der Waals surface area contributed by atoms with Gasteiger partial charge in [-0.3, -0.25) is 9.78 Å². The molecule has 5 nitrogen and oxygen atoms in total. The number of fused-ring (bicyclic) bond motifs is 1. The first-order chi connectivity index (χ1) is 9.66. The third kappa shape index (κ3) is 1.95. The van der Waals surface area contributed by atoms with Crippen LogP contribution in [0.15, 0.2) is 53.1 Å². The second kappa shape index (κ2) is 4.62. The summed E-state index contributed by atoms with van der Waals surface area (Å²) in [5.74, 6) is -1.83. The Morgan fingerprint density at radius 3 is 2.50 bits per heavy atom. The molecule has 3 rings (SSSR count). The Hall–Kier alpha value is -2.95. The maximum atomic E-state index is 12.4. The molecule has 98 valence electrons. The number of para-hydroxylation sites is 1. The summed E-state index contributed by atoms with van der Waals surface area (Å²) in [6, 6.07) is 11.5. The van der Waals surface area contributed by atoms with E-state index in [0.29, 0.717) is 16.5 Å². The van der Waals surface area contributed by atoms with Gasteiger partial charge in [0.1, 0.15) is 0 Å². The zero-order valence-electron chi connectivity index (χ0n) is 10.2. The van der Waals surface area contributed by atoms with E-state index < -0.39 is 5.97 Å². The van der Waals surface area contributed by atoms with Crippen molar-refractivity contribution in [2.24, 2.45) is 0 Å². The lowest BCUT2D eigenvalue weighted by Gasteiger charge is -2.02. The molecule has 0 atom stereocenters. The van der Waals surface area contributed by atoms with Gasteiger partial charge in [-0.2, -0.15) is 0 Å². The molecule has 2 aromatic heterocycles. The number of carbonyl (C=O) groups excluding carboxylic acids is 1. The van der Waals surface area contributed by atoms with Crippen LogP contribution in [0.3, 0.4) is 0 Å². The minimum atomic E-state index is -1.20. The monoisotopic (exact) mass is 267 g/mol. The van der Waals surface area contributed by atoms with Crippen LogP contribution < -0.4 is 0 Å². The van der Waals surface area contributed by atoms with Gasteiger partial charge in [0.15, 0.2) is 5.76 Å². The molecule has 0 unspecified atom stereocenters. The molecule has 0 aliphatic rings. The molecule has 2 heterocycles. The van der Waals surface area contributed by atoms with Gasteiger partial charge >= 0.3 is 5.97 Å². The topological polar surface area (TPSA) is 80.4 Å². The van der Waals surface area contributed by atoms with Crippen LogP contribution >= 0.6 is 0 Å². The normalized spacial score (nSPS) is 10.6. The van der Waals surface area contributed by atoms with Crippen molar-refractivity contribution < 1.29 is 19.1 Å². The quantitative estimate of drug-likeness (QED) is 0.738. The highest BCUT2D eigenvalue weighted by molar-refractivity contribution is 6.14. The molecule has 1 N–H and O–H groups in total. The van der Waals surface area contributed by atoms with Crippen molar-refractivity contribution in [1.29, 1.82) is 0 Å². The van der Waals surface area contributed by atoms with E-state index in [1.165, 1.54) is 18.3 Å². The molecule has 1 aromatic carbocycles. The predicted molar refractivity (Wildman–Crippen MR) is 70.8 cm³/mol. The standard InChI is InChI=1S/C15H9NO4/c17-14(12-5-6-13(20-12)15(18)19)10-7-8-16-11-4-2-1-3-9(10)11/h1-8H,(H,18,19). The summed E-state index contributed by atoms with van der Waals surface area (Å²) < 4.78 is 5.04. The number of pyridine rings is 1. The molecule has 0 aliphatic heterocycles. The molecule has 20 heavy (non-hydrogen) atoms. The zero-order chi connectivity index (χ0) is 14.1. The van der Waals surface area contributed by atoms with Crippen molar-refractivity contribution in [1.82, 2.24) is 4.98 Å². The number of ketones is 1. The number of aromatic nitrogens is 1. The number of carboxylic acids is 1. The average Bonchev–Trinajstić information content (AvgIpc) is 2.96. The third-order valence-electron chi connectivity index (χ3n) is 2.93. The van der Waals surface area contributed by atoms with Crippen molar-refractivity contribution in [3.63, 3.8) is 0 Å². The van der Waals surface area contributed by atoms with Crippen LogP contribution in [0, 0.1) is 0 Å². The van der Waals surface area contributed by atoms with Crippen LogP contribution in [0.2, 0.25) is 0 Å². The Morgan fingerprint density at radius 2 is 1.75 bits per heavy atom. The van der Waals surface area contributed by atoms with Gasteiger partial charge in [-0.1, -0.05) is 18.2 Å². The van der Waals surface area contributed by atoms with Gasteiger partial charge in [0.05, 0.1) is 5.52 Å². The molecule has 5 heteroatoms. The Balaban J connectivity index is 2.10. The van der Waals surface area contributed by atoms with Crippen LogP contribution in [0.25, 0.3) is 10.9 Å². The Morgan fingerprint density at radius 1 is 1.00 bits per heavy atom. The van der Waals surface area contributed by atoms with E-state index in [4.69, 9.17) is 9.52 Å². The molecule has 0 saturated heterocycles. The maximum Gasteiger partial charge on any atom is 0.371 e. The van der Waals surface area contributed by atoms with Crippen LogP contribution in [-0.4, -0.2) is 21.8 Å². The van der Waals surface area contributed by atoms with E-state index in [2.05, 4.69) is 4.98 Å². The van der Waals surface area contributed by atoms with Crippen molar-refractivity contribution in [3.05, 3.63) is 65.7 Å². The van der Waals surface area contributed by atoms with Crippen molar-refractivity contribution >= 4 is 22.7 Å². The maximum absolute atomic E-state index is 12.4. The fourth-order valence-corrected chi connectivity index (χ4v) is 2.00. The lowest BCUT2D eigenvalue weighted by molar-refractivity contribution is 0.0660. The number of hydrogen-bond acceptors (Lipinski definition) is 4. The van der Waals surface area contributed by atoms with E-state index in [1.807, 2.05) is 12.1 Å². The second-order valence-corrected chi connectivity index (χ2v) is 4.17. The number of hydrogen-bond donors (Lipinski definition) is 1. The average molecular weight is 267 g/mol. The van der Waals surface area contributed by atoms with Gasteiger partial charge in [-0.15, -0.1) is 0 Å². The molecular weight excluding hydrogens is 258 g/mol. The molecule has 0 aliphatic carbocycles.